The first-order valence-corrected chi connectivity index (χ1v) is 9.98. The Bertz CT molecular complexity index is 1150. The highest BCUT2D eigenvalue weighted by molar-refractivity contribution is 7.93. The average molecular weight is 427 g/mol. The van der Waals surface area contributed by atoms with Gasteiger partial charge in [-0.05, 0) is 42.0 Å². The molecule has 152 valence electrons. The predicted molar refractivity (Wildman–Crippen MR) is 94.0 cm³/mol. The van der Waals surface area contributed by atoms with Crippen molar-refractivity contribution in [2.24, 2.45) is 4.36 Å². The Labute approximate surface area is 162 Å². The van der Waals surface area contributed by atoms with Crippen LogP contribution in [0.25, 0.3) is 0 Å². The van der Waals surface area contributed by atoms with Gasteiger partial charge in [-0.1, -0.05) is 17.3 Å². The molecule has 3 rings (SSSR count). The Morgan fingerprint density at radius 1 is 1.10 bits per heavy atom. The van der Waals surface area contributed by atoms with Gasteiger partial charge in [0.25, 0.3) is 5.91 Å². The van der Waals surface area contributed by atoms with Gasteiger partial charge in [-0.15, -0.1) is 0 Å². The third-order valence-electron chi connectivity index (χ3n) is 3.78. The fourth-order valence-corrected chi connectivity index (χ4v) is 3.51. The van der Waals surface area contributed by atoms with Gasteiger partial charge in [-0.2, -0.15) is 22.5 Å². The van der Waals surface area contributed by atoms with Crippen molar-refractivity contribution in [2.45, 2.75) is 17.5 Å². The summed E-state index contributed by atoms with van der Waals surface area (Å²) < 4.78 is 70.9. The van der Waals surface area contributed by atoms with Gasteiger partial charge in [0.15, 0.2) is 5.82 Å². The van der Waals surface area contributed by atoms with Crippen molar-refractivity contribution in [1.29, 1.82) is 0 Å². The number of nitrogens with zero attached hydrogens (tertiary/aromatic N) is 3. The Balaban J connectivity index is 1.75. The lowest BCUT2D eigenvalue weighted by Gasteiger charge is -2.04. The first-order valence-electron chi connectivity index (χ1n) is 8.05. The van der Waals surface area contributed by atoms with Gasteiger partial charge in [0.05, 0.1) is 9.73 Å². The summed E-state index contributed by atoms with van der Waals surface area (Å²) in [5.74, 6) is -2.84. The minimum Gasteiger partial charge on any atom is -0.329 e. The van der Waals surface area contributed by atoms with Crippen molar-refractivity contribution in [2.75, 3.05) is 6.26 Å². The molecule has 0 saturated heterocycles. The van der Waals surface area contributed by atoms with E-state index in [0.717, 1.165) is 12.1 Å². The molecule has 0 bridgehead atoms. The molecular formula is C18H13F4N3O3S. The predicted octanol–water partition coefficient (Wildman–Crippen LogP) is 4.12. The molecule has 0 aliphatic carbocycles. The molecule has 1 amide bonds. The number of halogens is 4. The van der Waals surface area contributed by atoms with Gasteiger partial charge in [0.1, 0.15) is 5.82 Å². The number of hydrogen-bond donors (Lipinski definition) is 0. The molecule has 0 saturated carbocycles. The van der Waals surface area contributed by atoms with Crippen molar-refractivity contribution < 1.29 is 31.1 Å². The maximum atomic E-state index is 13.0. The average Bonchev–Trinajstić information content (AvgIpc) is 3.11. The van der Waals surface area contributed by atoms with Crippen LogP contribution in [-0.2, 0) is 22.3 Å². The largest absolute Gasteiger partial charge is 0.471 e. The molecule has 1 aromatic heterocycles. The highest BCUT2D eigenvalue weighted by atomic mass is 32.2. The fraction of sp³-hybridized carbons (Fsp3) is 0.167. The zero-order chi connectivity index (χ0) is 21.2. The maximum Gasteiger partial charge on any atom is 0.471 e. The van der Waals surface area contributed by atoms with Crippen molar-refractivity contribution in [3.63, 3.8) is 0 Å². The molecular weight excluding hydrogens is 414 g/mol. The van der Waals surface area contributed by atoms with Crippen LogP contribution in [0.4, 0.5) is 17.6 Å². The number of rotatable bonds is 4. The van der Waals surface area contributed by atoms with Crippen LogP contribution in [0.2, 0.25) is 0 Å². The molecule has 1 heterocycles. The van der Waals surface area contributed by atoms with Gasteiger partial charge in [0.2, 0.25) is 0 Å². The maximum absolute atomic E-state index is 13.0. The van der Waals surface area contributed by atoms with E-state index >= 15 is 0 Å². The van der Waals surface area contributed by atoms with E-state index in [4.69, 9.17) is 0 Å². The van der Waals surface area contributed by atoms with Crippen LogP contribution in [0.3, 0.4) is 0 Å². The van der Waals surface area contributed by atoms with E-state index in [1.54, 1.807) is 0 Å². The van der Waals surface area contributed by atoms with Gasteiger partial charge < -0.3 is 4.52 Å². The molecule has 0 spiro atoms. The summed E-state index contributed by atoms with van der Waals surface area (Å²) in [6.07, 6.45) is -3.49. The summed E-state index contributed by atoms with van der Waals surface area (Å²) >= 11 is 0. The van der Waals surface area contributed by atoms with E-state index in [0.29, 0.717) is 5.56 Å². The van der Waals surface area contributed by atoms with Crippen LogP contribution in [0, 0.1) is 5.82 Å². The lowest BCUT2D eigenvalue weighted by Crippen LogP contribution is -2.05. The molecule has 0 aliphatic heterocycles. The molecule has 11 heteroatoms. The summed E-state index contributed by atoms with van der Waals surface area (Å²) in [4.78, 5) is 15.8. The molecule has 1 atom stereocenters. The number of carbonyl (C=O) groups excluding carboxylic acids is 1. The minimum atomic E-state index is -4.72. The molecule has 0 fully saturated rings. The zero-order valence-corrected chi connectivity index (χ0v) is 15.6. The smallest absolute Gasteiger partial charge is 0.329 e. The monoisotopic (exact) mass is 427 g/mol. The molecule has 0 aliphatic rings. The van der Waals surface area contributed by atoms with E-state index in [2.05, 4.69) is 19.0 Å². The zero-order valence-electron chi connectivity index (χ0n) is 14.8. The second kappa shape index (κ2) is 7.74. The molecule has 2 aromatic carbocycles. The van der Waals surface area contributed by atoms with Crippen LogP contribution in [0.15, 0.2) is 62.3 Å². The number of carbonyl (C=O) groups is 1. The van der Waals surface area contributed by atoms with Crippen molar-refractivity contribution in [1.82, 2.24) is 10.1 Å². The minimum absolute atomic E-state index is 0.0364. The highest BCUT2D eigenvalue weighted by Gasteiger charge is 2.38. The molecule has 1 unspecified atom stereocenters. The van der Waals surface area contributed by atoms with Gasteiger partial charge >= 0.3 is 12.1 Å². The molecule has 0 radical (unpaired) electrons. The van der Waals surface area contributed by atoms with Crippen LogP contribution in [0.5, 0.6) is 0 Å². The Morgan fingerprint density at radius 3 is 2.28 bits per heavy atom. The molecule has 29 heavy (non-hydrogen) atoms. The molecule has 0 N–H and O–H groups in total. The topological polar surface area (TPSA) is 85.4 Å². The van der Waals surface area contributed by atoms with Crippen LogP contribution >= 0.6 is 0 Å². The van der Waals surface area contributed by atoms with Crippen LogP contribution in [0.1, 0.15) is 27.6 Å². The number of hydrogen-bond acceptors (Lipinski definition) is 5. The van der Waals surface area contributed by atoms with E-state index in [9.17, 15) is 26.6 Å². The summed E-state index contributed by atoms with van der Waals surface area (Å²) in [6, 6.07) is 10.6. The van der Waals surface area contributed by atoms with Gasteiger partial charge in [-0.25, -0.2) is 8.60 Å². The van der Waals surface area contributed by atoms with Gasteiger partial charge in [-0.3, -0.25) is 4.79 Å². The Hall–Kier alpha value is -3.08. The summed E-state index contributed by atoms with van der Waals surface area (Å²) in [5, 5.41) is 3.27. The third-order valence-corrected chi connectivity index (χ3v) is 5.44. The Morgan fingerprint density at radius 2 is 1.72 bits per heavy atom. The number of alkyl halides is 3. The van der Waals surface area contributed by atoms with E-state index in [1.807, 2.05) is 0 Å². The van der Waals surface area contributed by atoms with E-state index in [-0.39, 0.29) is 22.7 Å². The summed E-state index contributed by atoms with van der Waals surface area (Å²) in [7, 11) is -3.07. The van der Waals surface area contributed by atoms with E-state index in [1.165, 1.54) is 42.7 Å². The molecule has 6 nitrogen and oxygen atoms in total. The van der Waals surface area contributed by atoms with Crippen molar-refractivity contribution in [3.05, 3.63) is 77.2 Å². The Kier molecular flexibility index (Phi) is 5.51. The number of aromatic nitrogens is 2. The molecule has 3 aromatic rings. The fourth-order valence-electron chi connectivity index (χ4n) is 2.34. The third kappa shape index (κ3) is 5.05. The number of amides is 1. The van der Waals surface area contributed by atoms with Crippen molar-refractivity contribution >= 4 is 15.6 Å². The quantitative estimate of drug-likeness (QED) is 0.585. The second-order valence-corrected chi connectivity index (χ2v) is 8.30. The standard InChI is InChI=1S/C18H13F4N3O3S/c1-29(27,14-8-6-13(19)7-9-14)25-16(26)12-4-2-11(3-5-12)10-15-23-17(28-24-15)18(20,21)22/h2-9H,10H2,1H3. The van der Waals surface area contributed by atoms with E-state index < -0.39 is 33.5 Å². The van der Waals surface area contributed by atoms with Crippen LogP contribution in [-0.4, -0.2) is 26.5 Å². The second-order valence-electron chi connectivity index (χ2n) is 6.04. The lowest BCUT2D eigenvalue weighted by molar-refractivity contribution is -0.159. The summed E-state index contributed by atoms with van der Waals surface area (Å²) in [5.41, 5.74) is 0.668. The van der Waals surface area contributed by atoms with Crippen molar-refractivity contribution in [3.8, 4) is 0 Å². The first kappa shape index (κ1) is 20.6. The van der Waals surface area contributed by atoms with Crippen LogP contribution < -0.4 is 0 Å². The van der Waals surface area contributed by atoms with Gasteiger partial charge in [0, 0.05) is 23.1 Å². The number of benzene rings is 2. The highest BCUT2D eigenvalue weighted by Crippen LogP contribution is 2.27. The summed E-state index contributed by atoms with van der Waals surface area (Å²) in [6.45, 7) is 0. The lowest BCUT2D eigenvalue weighted by atomic mass is 10.1. The first-order chi connectivity index (χ1) is 13.5. The SMILES string of the molecule is CS(=O)(=NC(=O)c1ccc(Cc2noc(C(F)(F)F)n2)cc1)c1ccc(F)cc1. The normalized spacial score (nSPS) is 13.7.